The Kier molecular flexibility index (Phi) is 3.98. The van der Waals surface area contributed by atoms with Crippen molar-refractivity contribution in [3.05, 3.63) is 59.7 Å². The smallest absolute Gasteiger partial charge is 0.410 e. The second kappa shape index (κ2) is 6.29. The van der Waals surface area contributed by atoms with E-state index in [2.05, 4.69) is 36.4 Å². The summed E-state index contributed by atoms with van der Waals surface area (Å²) in [5.41, 5.74) is 10.7. The molecule has 0 bridgehead atoms. The van der Waals surface area contributed by atoms with Gasteiger partial charge in [0.25, 0.3) is 0 Å². The summed E-state index contributed by atoms with van der Waals surface area (Å²) in [5, 5.41) is 0. The molecule has 1 atom stereocenters. The van der Waals surface area contributed by atoms with E-state index < -0.39 is 0 Å². The molecular formula is C20H22N2O2. The lowest BCUT2D eigenvalue weighted by Crippen LogP contribution is -2.40. The fourth-order valence-corrected chi connectivity index (χ4v) is 4.00. The van der Waals surface area contributed by atoms with Gasteiger partial charge in [-0.05, 0) is 35.1 Å². The third kappa shape index (κ3) is 2.47. The Hall–Kier alpha value is -2.33. The van der Waals surface area contributed by atoms with E-state index in [1.54, 1.807) is 4.90 Å². The molecule has 0 saturated carbocycles. The minimum Gasteiger partial charge on any atom is -0.448 e. The summed E-state index contributed by atoms with van der Waals surface area (Å²) < 4.78 is 5.69. The van der Waals surface area contributed by atoms with E-state index >= 15 is 0 Å². The molecule has 4 rings (SSSR count). The predicted molar refractivity (Wildman–Crippen MR) is 93.9 cm³/mol. The van der Waals surface area contributed by atoms with Crippen molar-refractivity contribution in [2.24, 2.45) is 5.73 Å². The van der Waals surface area contributed by atoms with Crippen molar-refractivity contribution < 1.29 is 9.53 Å². The van der Waals surface area contributed by atoms with Crippen LogP contribution in [0.4, 0.5) is 4.79 Å². The van der Waals surface area contributed by atoms with E-state index in [4.69, 9.17) is 10.5 Å². The number of ether oxygens (including phenoxy) is 1. The summed E-state index contributed by atoms with van der Waals surface area (Å²) in [5.74, 6) is 0.111. The second-order valence-electron chi connectivity index (χ2n) is 6.53. The van der Waals surface area contributed by atoms with Gasteiger partial charge in [0, 0.05) is 25.0 Å². The highest BCUT2D eigenvalue weighted by atomic mass is 16.6. The molecule has 1 heterocycles. The van der Waals surface area contributed by atoms with Gasteiger partial charge in [-0.3, -0.25) is 0 Å². The van der Waals surface area contributed by atoms with Gasteiger partial charge in [-0.25, -0.2) is 4.79 Å². The zero-order valence-electron chi connectivity index (χ0n) is 13.7. The Morgan fingerprint density at radius 3 is 2.33 bits per heavy atom. The molecule has 2 N–H and O–H groups in total. The van der Waals surface area contributed by atoms with Gasteiger partial charge in [0.1, 0.15) is 6.61 Å². The minimum atomic E-state index is -0.232. The highest BCUT2D eigenvalue weighted by Gasteiger charge is 2.32. The Labute approximate surface area is 142 Å². The van der Waals surface area contributed by atoms with E-state index in [0.29, 0.717) is 13.2 Å². The molecule has 0 radical (unpaired) electrons. The summed E-state index contributed by atoms with van der Waals surface area (Å²) in [6.07, 6.45) is 1.75. The van der Waals surface area contributed by atoms with Crippen LogP contribution in [0, 0.1) is 0 Å². The quantitative estimate of drug-likeness (QED) is 0.943. The molecule has 2 aliphatic rings. The maximum Gasteiger partial charge on any atom is 0.410 e. The van der Waals surface area contributed by atoms with E-state index in [-0.39, 0.29) is 18.1 Å². The van der Waals surface area contributed by atoms with Gasteiger partial charge in [0.2, 0.25) is 0 Å². The summed E-state index contributed by atoms with van der Waals surface area (Å²) in [6, 6.07) is 16.9. The average molecular weight is 322 g/mol. The molecule has 0 aromatic heterocycles. The maximum atomic E-state index is 12.4. The largest absolute Gasteiger partial charge is 0.448 e. The number of hydrogen-bond donors (Lipinski definition) is 1. The van der Waals surface area contributed by atoms with Crippen molar-refractivity contribution >= 4 is 6.09 Å². The van der Waals surface area contributed by atoms with E-state index in [0.717, 1.165) is 19.4 Å². The number of nitrogens with zero attached hydrogens (tertiary/aromatic N) is 1. The molecule has 1 amide bonds. The predicted octanol–water partition coefficient (Wildman–Crippen LogP) is 3.36. The van der Waals surface area contributed by atoms with Gasteiger partial charge < -0.3 is 15.4 Å². The van der Waals surface area contributed by atoms with Crippen LogP contribution in [0.5, 0.6) is 0 Å². The number of benzene rings is 2. The van der Waals surface area contributed by atoms with Crippen molar-refractivity contribution in [1.82, 2.24) is 4.90 Å². The molecule has 1 fully saturated rings. The zero-order valence-corrected chi connectivity index (χ0v) is 13.7. The molecule has 0 spiro atoms. The molecule has 1 saturated heterocycles. The maximum absolute atomic E-state index is 12.4. The van der Waals surface area contributed by atoms with Crippen molar-refractivity contribution in [1.29, 1.82) is 0 Å². The molecule has 0 unspecified atom stereocenters. The Bertz CT molecular complexity index is 713. The van der Waals surface area contributed by atoms with Crippen LogP contribution in [0.25, 0.3) is 11.1 Å². The first-order valence-electron chi connectivity index (χ1n) is 8.61. The lowest BCUT2D eigenvalue weighted by Gasteiger charge is -2.24. The van der Waals surface area contributed by atoms with Gasteiger partial charge in [0.15, 0.2) is 0 Å². The van der Waals surface area contributed by atoms with Crippen molar-refractivity contribution in [3.8, 4) is 11.1 Å². The summed E-state index contributed by atoms with van der Waals surface area (Å²) in [7, 11) is 0. The Morgan fingerprint density at radius 2 is 1.71 bits per heavy atom. The van der Waals surface area contributed by atoms with Crippen molar-refractivity contribution in [3.63, 3.8) is 0 Å². The third-order valence-corrected chi connectivity index (χ3v) is 5.22. The van der Waals surface area contributed by atoms with Crippen LogP contribution >= 0.6 is 0 Å². The second-order valence-corrected chi connectivity index (χ2v) is 6.53. The van der Waals surface area contributed by atoms with Crippen LogP contribution in [-0.2, 0) is 4.74 Å². The molecule has 4 nitrogen and oxygen atoms in total. The number of likely N-dealkylation sites (tertiary alicyclic amines) is 1. The molecule has 124 valence electrons. The first-order chi connectivity index (χ1) is 11.8. The number of hydrogen-bond acceptors (Lipinski definition) is 3. The molecule has 1 aliphatic carbocycles. The first-order valence-corrected chi connectivity index (χ1v) is 8.61. The van der Waals surface area contributed by atoms with Crippen molar-refractivity contribution in [2.45, 2.75) is 24.8 Å². The third-order valence-electron chi connectivity index (χ3n) is 5.22. The van der Waals surface area contributed by atoms with Gasteiger partial charge in [0.05, 0.1) is 0 Å². The van der Waals surface area contributed by atoms with Gasteiger partial charge in [-0.2, -0.15) is 0 Å². The summed E-state index contributed by atoms with van der Waals surface area (Å²) in [6.45, 7) is 1.63. The highest BCUT2D eigenvalue weighted by molar-refractivity contribution is 5.79. The molecule has 24 heavy (non-hydrogen) atoms. The van der Waals surface area contributed by atoms with E-state index in [1.807, 2.05) is 12.1 Å². The molecule has 1 aliphatic heterocycles. The molecule has 4 heteroatoms. The lowest BCUT2D eigenvalue weighted by atomic mass is 9.98. The number of fused-ring (bicyclic) bond motifs is 3. The minimum absolute atomic E-state index is 0.111. The average Bonchev–Trinajstić information content (AvgIpc) is 3.22. The topological polar surface area (TPSA) is 55.6 Å². The van der Waals surface area contributed by atoms with Crippen LogP contribution in [0.1, 0.15) is 29.9 Å². The normalized spacial score (nSPS) is 19.2. The van der Waals surface area contributed by atoms with E-state index in [9.17, 15) is 4.79 Å². The van der Waals surface area contributed by atoms with Gasteiger partial charge >= 0.3 is 6.09 Å². The Balaban J connectivity index is 1.54. The first kappa shape index (κ1) is 15.2. The number of carbonyl (C=O) groups excluding carboxylic acids is 1. The van der Waals surface area contributed by atoms with E-state index in [1.165, 1.54) is 22.3 Å². The number of amides is 1. The SMILES string of the molecule is NC[C@H]1CCCN1C(=O)OCC1c2ccccc2-c2ccccc21. The standard InChI is InChI=1S/C20H22N2O2/c21-12-14-6-5-11-22(14)20(23)24-13-19-17-9-3-1-7-15(17)16-8-2-4-10-18(16)19/h1-4,7-10,14,19H,5-6,11-13,21H2/t14-/m1/s1. The van der Waals surface area contributed by atoms with Crippen LogP contribution in [-0.4, -0.2) is 36.7 Å². The molecule has 2 aromatic carbocycles. The fraction of sp³-hybridized carbons (Fsp3) is 0.350. The monoisotopic (exact) mass is 322 g/mol. The van der Waals surface area contributed by atoms with Crippen LogP contribution in [0.15, 0.2) is 48.5 Å². The Morgan fingerprint density at radius 1 is 1.08 bits per heavy atom. The van der Waals surface area contributed by atoms with Crippen LogP contribution < -0.4 is 5.73 Å². The number of rotatable bonds is 3. The van der Waals surface area contributed by atoms with Crippen molar-refractivity contribution in [2.75, 3.05) is 19.7 Å². The van der Waals surface area contributed by atoms with Crippen LogP contribution in [0.3, 0.4) is 0 Å². The van der Waals surface area contributed by atoms with Gasteiger partial charge in [-0.15, -0.1) is 0 Å². The van der Waals surface area contributed by atoms with Crippen LogP contribution in [0.2, 0.25) is 0 Å². The number of nitrogens with two attached hydrogens (primary N) is 1. The highest BCUT2D eigenvalue weighted by Crippen LogP contribution is 2.44. The lowest BCUT2D eigenvalue weighted by molar-refractivity contribution is 0.0966. The fourth-order valence-electron chi connectivity index (χ4n) is 4.00. The molecular weight excluding hydrogens is 300 g/mol. The molecule has 2 aromatic rings. The van der Waals surface area contributed by atoms with Gasteiger partial charge in [-0.1, -0.05) is 48.5 Å². The summed E-state index contributed by atoms with van der Waals surface area (Å²) in [4.78, 5) is 14.2. The zero-order chi connectivity index (χ0) is 16.5. The number of carbonyl (C=O) groups is 1. The summed E-state index contributed by atoms with van der Waals surface area (Å²) >= 11 is 0.